The molecule has 1 heterocycles. The average molecular weight is 395 g/mol. The molecule has 2 aromatic rings. The molecule has 0 bridgehead atoms. The Morgan fingerprint density at radius 2 is 1.85 bits per heavy atom. The highest BCUT2D eigenvalue weighted by Gasteiger charge is 2.21. The second kappa shape index (κ2) is 8.85. The number of hydrogen-bond acceptors (Lipinski definition) is 5. The molecule has 2 rings (SSSR count). The van der Waals surface area contributed by atoms with E-state index in [9.17, 15) is 23.2 Å². The number of Topliss-reactive ketones (excluding diaryl/α,β-unsaturated/α-hetero) is 1. The van der Waals surface area contributed by atoms with E-state index in [1.807, 2.05) is 13.8 Å². The number of anilines is 1. The van der Waals surface area contributed by atoms with Crippen molar-refractivity contribution in [3.8, 4) is 0 Å². The van der Waals surface area contributed by atoms with Gasteiger partial charge in [-0.2, -0.15) is 0 Å². The van der Waals surface area contributed by atoms with Gasteiger partial charge in [0.05, 0.1) is 12.1 Å². The number of aryl methyl sites for hydroxylation is 2. The first-order valence-corrected chi connectivity index (χ1v) is 9.04. The normalized spacial score (nSPS) is 11.7. The van der Waals surface area contributed by atoms with Gasteiger partial charge in [-0.15, -0.1) is 11.3 Å². The Labute approximate surface area is 159 Å². The first-order valence-electron chi connectivity index (χ1n) is 8.23. The van der Waals surface area contributed by atoms with Crippen molar-refractivity contribution in [3.05, 3.63) is 51.2 Å². The molecule has 0 saturated heterocycles. The fraction of sp³-hybridized carbons (Fsp3) is 0.316. The molecule has 0 aliphatic rings. The first kappa shape index (κ1) is 20.7. The summed E-state index contributed by atoms with van der Waals surface area (Å²) in [6, 6.07) is 4.40. The molecule has 5 nitrogen and oxygen atoms in total. The van der Waals surface area contributed by atoms with Crippen LogP contribution < -0.4 is 5.32 Å². The van der Waals surface area contributed by atoms with E-state index < -0.39 is 29.6 Å². The predicted octanol–water partition coefficient (Wildman–Crippen LogP) is 4.18. The number of thiophene rings is 1. The van der Waals surface area contributed by atoms with Gasteiger partial charge in [-0.3, -0.25) is 14.4 Å². The van der Waals surface area contributed by atoms with E-state index >= 15 is 0 Å². The van der Waals surface area contributed by atoms with Crippen LogP contribution in [0.4, 0.5) is 14.5 Å². The van der Waals surface area contributed by atoms with Crippen molar-refractivity contribution in [2.75, 3.05) is 5.32 Å². The van der Waals surface area contributed by atoms with E-state index in [1.165, 1.54) is 18.3 Å². The van der Waals surface area contributed by atoms with E-state index in [2.05, 4.69) is 5.32 Å². The summed E-state index contributed by atoms with van der Waals surface area (Å²) in [5.41, 5.74) is 0.235. The minimum absolute atomic E-state index is 0.0390. The number of carbonyl (C=O) groups is 3. The SMILES string of the molecule is Cc1cc(C(=O)CCC(=O)O[C@@H](C)C(=O)Nc2cc(F)ccc2F)c(C)s1. The molecule has 0 spiro atoms. The van der Waals surface area contributed by atoms with Crippen LogP contribution in [0.15, 0.2) is 24.3 Å². The monoisotopic (exact) mass is 395 g/mol. The van der Waals surface area contributed by atoms with Crippen molar-refractivity contribution < 1.29 is 27.9 Å². The number of carbonyl (C=O) groups excluding carboxylic acids is 3. The molecule has 0 aliphatic carbocycles. The molecular formula is C19H19F2NO4S. The second-order valence-electron chi connectivity index (χ2n) is 6.00. The van der Waals surface area contributed by atoms with Crippen LogP contribution in [-0.4, -0.2) is 23.8 Å². The van der Waals surface area contributed by atoms with Gasteiger partial charge in [-0.25, -0.2) is 8.78 Å². The average Bonchev–Trinajstić information content (AvgIpc) is 2.94. The lowest BCUT2D eigenvalue weighted by Crippen LogP contribution is -2.30. The van der Waals surface area contributed by atoms with Crippen molar-refractivity contribution in [1.82, 2.24) is 0 Å². The molecule has 1 aromatic carbocycles. The molecule has 0 radical (unpaired) electrons. The number of esters is 1. The van der Waals surface area contributed by atoms with Gasteiger partial charge in [0, 0.05) is 27.8 Å². The topological polar surface area (TPSA) is 72.5 Å². The van der Waals surface area contributed by atoms with Gasteiger partial charge >= 0.3 is 5.97 Å². The zero-order valence-corrected chi connectivity index (χ0v) is 15.9. The molecular weight excluding hydrogens is 376 g/mol. The van der Waals surface area contributed by atoms with Crippen LogP contribution in [-0.2, 0) is 14.3 Å². The summed E-state index contributed by atoms with van der Waals surface area (Å²) < 4.78 is 31.6. The van der Waals surface area contributed by atoms with Crippen molar-refractivity contribution in [2.24, 2.45) is 0 Å². The van der Waals surface area contributed by atoms with E-state index in [1.54, 1.807) is 6.07 Å². The van der Waals surface area contributed by atoms with Crippen molar-refractivity contribution in [3.63, 3.8) is 0 Å². The lowest BCUT2D eigenvalue weighted by atomic mass is 10.1. The maximum Gasteiger partial charge on any atom is 0.307 e. The Bertz CT molecular complexity index is 879. The Morgan fingerprint density at radius 1 is 1.15 bits per heavy atom. The molecule has 0 aliphatic heterocycles. The van der Waals surface area contributed by atoms with Crippen LogP contribution in [0.25, 0.3) is 0 Å². The fourth-order valence-corrected chi connectivity index (χ4v) is 3.34. The molecule has 1 N–H and O–H groups in total. The highest BCUT2D eigenvalue weighted by molar-refractivity contribution is 7.12. The van der Waals surface area contributed by atoms with E-state index in [4.69, 9.17) is 4.74 Å². The van der Waals surface area contributed by atoms with Crippen molar-refractivity contribution in [1.29, 1.82) is 0 Å². The molecule has 144 valence electrons. The highest BCUT2D eigenvalue weighted by atomic mass is 32.1. The molecule has 0 saturated carbocycles. The Balaban J connectivity index is 1.85. The highest BCUT2D eigenvalue weighted by Crippen LogP contribution is 2.22. The number of amides is 1. The lowest BCUT2D eigenvalue weighted by Gasteiger charge is -2.14. The third-order valence-corrected chi connectivity index (χ3v) is 4.73. The quantitative estimate of drug-likeness (QED) is 0.564. The van der Waals surface area contributed by atoms with Crippen molar-refractivity contribution >= 4 is 34.7 Å². The van der Waals surface area contributed by atoms with Gasteiger partial charge in [0.15, 0.2) is 11.9 Å². The number of hydrogen-bond donors (Lipinski definition) is 1. The van der Waals surface area contributed by atoms with Gasteiger partial charge in [0.25, 0.3) is 5.91 Å². The maximum atomic E-state index is 13.5. The number of ether oxygens (including phenoxy) is 1. The molecule has 27 heavy (non-hydrogen) atoms. The molecule has 1 aromatic heterocycles. The minimum atomic E-state index is -1.22. The standard InChI is InChI=1S/C19H19F2NO4S/c1-10-8-14(12(3)27-10)17(23)6-7-18(24)26-11(2)19(25)22-16-9-13(20)4-5-15(16)21/h4-5,8-9,11H,6-7H2,1-3H3,(H,22,25)/t11-/m0/s1. The van der Waals surface area contributed by atoms with Crippen LogP contribution in [0, 0.1) is 25.5 Å². The third-order valence-electron chi connectivity index (χ3n) is 3.76. The van der Waals surface area contributed by atoms with Crippen LogP contribution in [0.5, 0.6) is 0 Å². The number of benzene rings is 1. The first-order chi connectivity index (χ1) is 12.7. The van der Waals surface area contributed by atoms with Crippen LogP contribution in [0.2, 0.25) is 0 Å². The summed E-state index contributed by atoms with van der Waals surface area (Å²) in [5.74, 6) is -3.23. The number of rotatable bonds is 7. The zero-order valence-electron chi connectivity index (χ0n) is 15.1. The van der Waals surface area contributed by atoms with Gasteiger partial charge in [-0.1, -0.05) is 0 Å². The number of ketones is 1. The maximum absolute atomic E-state index is 13.5. The number of halogens is 2. The fourth-order valence-electron chi connectivity index (χ4n) is 2.40. The van der Waals surface area contributed by atoms with E-state index in [0.29, 0.717) is 5.56 Å². The molecule has 8 heteroatoms. The van der Waals surface area contributed by atoms with Crippen LogP contribution >= 0.6 is 11.3 Å². The third kappa shape index (κ3) is 5.68. The molecule has 1 amide bonds. The molecule has 0 fully saturated rings. The Kier molecular flexibility index (Phi) is 6.79. The number of nitrogens with one attached hydrogen (secondary N) is 1. The zero-order chi connectivity index (χ0) is 20.1. The molecule has 1 atom stereocenters. The molecule has 0 unspecified atom stereocenters. The van der Waals surface area contributed by atoms with Gasteiger partial charge in [-0.05, 0) is 39.0 Å². The minimum Gasteiger partial charge on any atom is -0.453 e. The van der Waals surface area contributed by atoms with Gasteiger partial charge < -0.3 is 10.1 Å². The smallest absolute Gasteiger partial charge is 0.307 e. The summed E-state index contributed by atoms with van der Waals surface area (Å²) in [5, 5.41) is 2.16. The summed E-state index contributed by atoms with van der Waals surface area (Å²) in [6.45, 7) is 5.03. The van der Waals surface area contributed by atoms with E-state index in [-0.39, 0.29) is 24.3 Å². The van der Waals surface area contributed by atoms with Gasteiger partial charge in [0.2, 0.25) is 0 Å². The summed E-state index contributed by atoms with van der Waals surface area (Å²) in [6.07, 6.45) is -1.44. The summed E-state index contributed by atoms with van der Waals surface area (Å²) >= 11 is 1.50. The van der Waals surface area contributed by atoms with E-state index in [0.717, 1.165) is 28.0 Å². The van der Waals surface area contributed by atoms with Crippen molar-refractivity contribution in [2.45, 2.75) is 39.7 Å². The van der Waals surface area contributed by atoms with Gasteiger partial charge in [0.1, 0.15) is 11.6 Å². The second-order valence-corrected chi connectivity index (χ2v) is 7.46. The Hall–Kier alpha value is -2.61. The van der Waals surface area contributed by atoms with Crippen LogP contribution in [0.3, 0.4) is 0 Å². The largest absolute Gasteiger partial charge is 0.453 e. The predicted molar refractivity (Wildman–Crippen MR) is 97.9 cm³/mol. The Morgan fingerprint density at radius 3 is 2.48 bits per heavy atom. The lowest BCUT2D eigenvalue weighted by molar-refractivity contribution is -0.153. The summed E-state index contributed by atoms with van der Waals surface area (Å²) in [7, 11) is 0. The van der Waals surface area contributed by atoms with Crippen LogP contribution in [0.1, 0.15) is 39.9 Å². The summed E-state index contributed by atoms with van der Waals surface area (Å²) in [4.78, 5) is 37.9.